The van der Waals surface area contributed by atoms with Crippen LogP contribution in [0.5, 0.6) is 5.75 Å². The second kappa shape index (κ2) is 10.0. The number of likely N-dealkylation sites (tertiary alicyclic amines) is 1. The summed E-state index contributed by atoms with van der Waals surface area (Å²) in [6.07, 6.45) is -3.06. The molecule has 0 spiro atoms. The Kier molecular flexibility index (Phi) is 7.25. The third-order valence-corrected chi connectivity index (χ3v) is 6.78. The highest BCUT2D eigenvalue weighted by atomic mass is 35.5. The van der Waals surface area contributed by atoms with Gasteiger partial charge < -0.3 is 9.64 Å². The number of amides is 2. The quantitative estimate of drug-likeness (QED) is 0.349. The average molecular weight is 544 g/mol. The Morgan fingerprint density at radius 3 is 2.49 bits per heavy atom. The van der Waals surface area contributed by atoms with Gasteiger partial charge in [-0.05, 0) is 62.2 Å². The molecule has 1 saturated heterocycles. The Morgan fingerprint density at radius 1 is 1.17 bits per heavy atom. The van der Waals surface area contributed by atoms with Gasteiger partial charge in [0.15, 0.2) is 5.13 Å². The van der Waals surface area contributed by atoms with E-state index in [0.717, 1.165) is 36.3 Å². The predicted octanol–water partition coefficient (Wildman–Crippen LogP) is 6.95. The number of carbonyl (C=O) groups is 2. The van der Waals surface area contributed by atoms with Crippen molar-refractivity contribution in [3.8, 4) is 5.75 Å². The lowest BCUT2D eigenvalue weighted by Crippen LogP contribution is -2.34. The van der Waals surface area contributed by atoms with E-state index in [4.69, 9.17) is 23.2 Å². The Morgan fingerprint density at radius 2 is 1.89 bits per heavy atom. The molecule has 2 heterocycles. The maximum Gasteiger partial charge on any atom is 0.573 e. The second-order valence-electron chi connectivity index (χ2n) is 7.81. The topological polar surface area (TPSA) is 62.7 Å². The summed E-state index contributed by atoms with van der Waals surface area (Å²) in [5.74, 6) is -1.29. The minimum absolute atomic E-state index is 0.0828. The molecule has 4 rings (SSSR count). The fraction of sp³-hybridized carbons (Fsp3) is 0.261. The molecule has 1 unspecified atom stereocenters. The lowest BCUT2D eigenvalue weighted by Gasteiger charge is -2.22. The molecule has 6 nitrogen and oxygen atoms in total. The van der Waals surface area contributed by atoms with E-state index >= 15 is 0 Å². The second-order valence-corrected chi connectivity index (χ2v) is 9.49. The zero-order chi connectivity index (χ0) is 25.3. The van der Waals surface area contributed by atoms with Crippen LogP contribution in [0.15, 0.2) is 47.8 Å². The molecule has 3 aromatic rings. The Labute approximate surface area is 212 Å². The molecule has 0 saturated carbocycles. The number of anilines is 2. The first kappa shape index (κ1) is 25.3. The summed E-state index contributed by atoms with van der Waals surface area (Å²) in [6, 6.07) is 9.15. The highest BCUT2D eigenvalue weighted by Gasteiger charge is 2.32. The van der Waals surface area contributed by atoms with Gasteiger partial charge in [0, 0.05) is 23.0 Å². The van der Waals surface area contributed by atoms with Crippen LogP contribution >= 0.6 is 34.5 Å². The standard InChI is InChI=1S/C23H18Cl2F3N3O3S/c1-13-3-2-10-30(13)21(33)19-12-35-22(29-19)31(20(32)17-9-4-14(24)11-18(17)25)15-5-7-16(8-6-15)34-23(26,27)28/h4-9,11-13H,2-3,10H2,1H3. The largest absolute Gasteiger partial charge is 0.573 e. The van der Waals surface area contributed by atoms with Crippen molar-refractivity contribution in [3.63, 3.8) is 0 Å². The van der Waals surface area contributed by atoms with Crippen molar-refractivity contribution >= 4 is 57.2 Å². The van der Waals surface area contributed by atoms with Crippen LogP contribution in [0.3, 0.4) is 0 Å². The summed E-state index contributed by atoms with van der Waals surface area (Å²) in [7, 11) is 0. The van der Waals surface area contributed by atoms with E-state index in [1.54, 1.807) is 10.3 Å². The lowest BCUT2D eigenvalue weighted by molar-refractivity contribution is -0.274. The molecule has 12 heteroatoms. The fourth-order valence-electron chi connectivity index (χ4n) is 3.74. The summed E-state index contributed by atoms with van der Waals surface area (Å²) < 4.78 is 41.6. The van der Waals surface area contributed by atoms with E-state index in [2.05, 4.69) is 9.72 Å². The van der Waals surface area contributed by atoms with Gasteiger partial charge in [-0.1, -0.05) is 23.2 Å². The van der Waals surface area contributed by atoms with Gasteiger partial charge in [-0.3, -0.25) is 14.5 Å². The Balaban J connectivity index is 1.71. The van der Waals surface area contributed by atoms with E-state index < -0.39 is 18.0 Å². The number of thiazole rings is 1. The molecule has 0 aliphatic carbocycles. The van der Waals surface area contributed by atoms with E-state index in [-0.39, 0.29) is 39.0 Å². The number of nitrogens with zero attached hydrogens (tertiary/aromatic N) is 3. The first-order valence-corrected chi connectivity index (χ1v) is 12.1. The van der Waals surface area contributed by atoms with Crippen LogP contribution in [0.2, 0.25) is 10.0 Å². The summed E-state index contributed by atoms with van der Waals surface area (Å²) >= 11 is 13.2. The molecular weight excluding hydrogens is 526 g/mol. The van der Waals surface area contributed by atoms with Gasteiger partial charge in [0.05, 0.1) is 16.3 Å². The molecule has 184 valence electrons. The monoisotopic (exact) mass is 543 g/mol. The molecule has 2 aromatic carbocycles. The van der Waals surface area contributed by atoms with Crippen LogP contribution in [-0.2, 0) is 0 Å². The van der Waals surface area contributed by atoms with E-state index in [1.165, 1.54) is 35.2 Å². The molecule has 0 bridgehead atoms. The van der Waals surface area contributed by atoms with E-state index in [1.807, 2.05) is 6.92 Å². The third kappa shape index (κ3) is 5.71. The summed E-state index contributed by atoms with van der Waals surface area (Å²) in [6.45, 7) is 2.58. The summed E-state index contributed by atoms with van der Waals surface area (Å²) in [5, 5.41) is 2.12. The number of alkyl halides is 3. The minimum atomic E-state index is -4.86. The van der Waals surface area contributed by atoms with Crippen LogP contribution in [0.4, 0.5) is 24.0 Å². The van der Waals surface area contributed by atoms with Gasteiger partial charge in [-0.2, -0.15) is 0 Å². The molecule has 1 aliphatic rings. The van der Waals surface area contributed by atoms with Gasteiger partial charge in [-0.25, -0.2) is 4.98 Å². The zero-order valence-electron chi connectivity index (χ0n) is 18.2. The molecule has 2 amide bonds. The molecule has 1 atom stereocenters. The third-order valence-electron chi connectivity index (χ3n) is 5.41. The maximum atomic E-state index is 13.5. The van der Waals surface area contributed by atoms with Crippen molar-refractivity contribution in [2.75, 3.05) is 11.4 Å². The lowest BCUT2D eigenvalue weighted by atomic mass is 10.2. The molecule has 0 radical (unpaired) electrons. The van der Waals surface area contributed by atoms with Crippen LogP contribution < -0.4 is 9.64 Å². The molecular formula is C23H18Cl2F3N3O3S. The smallest absolute Gasteiger partial charge is 0.406 e. The molecule has 0 N–H and O–H groups in total. The first-order chi connectivity index (χ1) is 16.5. The SMILES string of the molecule is CC1CCCN1C(=O)c1csc(N(C(=O)c2ccc(Cl)cc2Cl)c2ccc(OC(F)(F)F)cc2)n1. The number of hydrogen-bond donors (Lipinski definition) is 0. The van der Waals surface area contributed by atoms with Crippen LogP contribution in [-0.4, -0.2) is 40.6 Å². The summed E-state index contributed by atoms with van der Waals surface area (Å²) in [5.41, 5.74) is 0.483. The number of aromatic nitrogens is 1. The van der Waals surface area contributed by atoms with Crippen LogP contribution in [0.1, 0.15) is 40.6 Å². The number of rotatable bonds is 5. The number of halogens is 5. The number of ether oxygens (including phenoxy) is 1. The zero-order valence-corrected chi connectivity index (χ0v) is 20.5. The van der Waals surface area contributed by atoms with Crippen molar-refractivity contribution in [3.05, 3.63) is 69.1 Å². The van der Waals surface area contributed by atoms with Crippen molar-refractivity contribution in [2.45, 2.75) is 32.2 Å². The van der Waals surface area contributed by atoms with E-state index in [9.17, 15) is 22.8 Å². The van der Waals surface area contributed by atoms with Crippen molar-refractivity contribution < 1.29 is 27.5 Å². The fourth-order valence-corrected chi connectivity index (χ4v) is 5.05. The Hall–Kier alpha value is -2.82. The van der Waals surface area contributed by atoms with Gasteiger partial charge in [0.2, 0.25) is 0 Å². The predicted molar refractivity (Wildman–Crippen MR) is 128 cm³/mol. The van der Waals surface area contributed by atoms with Gasteiger partial charge >= 0.3 is 6.36 Å². The number of carbonyl (C=O) groups excluding carboxylic acids is 2. The van der Waals surface area contributed by atoms with Crippen molar-refractivity contribution in [1.82, 2.24) is 9.88 Å². The minimum Gasteiger partial charge on any atom is -0.406 e. The van der Waals surface area contributed by atoms with Gasteiger partial charge in [-0.15, -0.1) is 24.5 Å². The Bertz CT molecular complexity index is 1250. The highest BCUT2D eigenvalue weighted by Crippen LogP contribution is 2.35. The average Bonchev–Trinajstić information content (AvgIpc) is 3.43. The van der Waals surface area contributed by atoms with Gasteiger partial charge in [0.25, 0.3) is 11.8 Å². The van der Waals surface area contributed by atoms with E-state index in [0.29, 0.717) is 11.6 Å². The molecule has 35 heavy (non-hydrogen) atoms. The maximum absolute atomic E-state index is 13.5. The normalized spacial score (nSPS) is 15.8. The van der Waals surface area contributed by atoms with Crippen molar-refractivity contribution in [2.24, 2.45) is 0 Å². The van der Waals surface area contributed by atoms with Crippen molar-refractivity contribution in [1.29, 1.82) is 0 Å². The molecule has 1 fully saturated rings. The highest BCUT2D eigenvalue weighted by molar-refractivity contribution is 7.14. The first-order valence-electron chi connectivity index (χ1n) is 10.5. The summed E-state index contributed by atoms with van der Waals surface area (Å²) in [4.78, 5) is 33.8. The van der Waals surface area contributed by atoms with Crippen LogP contribution in [0, 0.1) is 0 Å². The molecule has 1 aromatic heterocycles. The molecule has 1 aliphatic heterocycles. The van der Waals surface area contributed by atoms with Crippen LogP contribution in [0.25, 0.3) is 0 Å². The van der Waals surface area contributed by atoms with Gasteiger partial charge in [0.1, 0.15) is 11.4 Å². The number of benzene rings is 2. The number of hydrogen-bond acceptors (Lipinski definition) is 5.